The van der Waals surface area contributed by atoms with E-state index in [2.05, 4.69) is 10.2 Å². The van der Waals surface area contributed by atoms with E-state index in [1.165, 1.54) is 11.8 Å². The molecule has 0 atom stereocenters. The SMILES string of the molecule is COc1ccccc1-c1nnc(SCC(=O)c2cccn2C)n1-c1ccc(Cl)cc1. The van der Waals surface area contributed by atoms with Crippen molar-refractivity contribution in [2.24, 2.45) is 7.05 Å². The average Bonchev–Trinajstić information content (AvgIpc) is 3.38. The van der Waals surface area contributed by atoms with E-state index in [4.69, 9.17) is 16.3 Å². The molecule has 0 unspecified atom stereocenters. The van der Waals surface area contributed by atoms with E-state index in [-0.39, 0.29) is 11.5 Å². The lowest BCUT2D eigenvalue weighted by Gasteiger charge is -2.12. The molecule has 0 aliphatic heterocycles. The van der Waals surface area contributed by atoms with Gasteiger partial charge in [-0.05, 0) is 48.5 Å². The summed E-state index contributed by atoms with van der Waals surface area (Å²) >= 11 is 7.42. The van der Waals surface area contributed by atoms with Crippen LogP contribution in [0, 0.1) is 0 Å². The second-order valence-electron chi connectivity index (χ2n) is 6.53. The first-order chi connectivity index (χ1) is 14.6. The number of aromatic nitrogens is 4. The van der Waals surface area contributed by atoms with E-state index >= 15 is 0 Å². The Labute approximate surface area is 183 Å². The van der Waals surface area contributed by atoms with Gasteiger partial charge in [0, 0.05) is 24.0 Å². The number of aryl methyl sites for hydroxylation is 1. The summed E-state index contributed by atoms with van der Waals surface area (Å²) in [5.41, 5.74) is 2.31. The Hall–Kier alpha value is -3.03. The summed E-state index contributed by atoms with van der Waals surface area (Å²) in [5.74, 6) is 1.59. The van der Waals surface area contributed by atoms with Crippen molar-refractivity contribution >= 4 is 29.1 Å². The summed E-state index contributed by atoms with van der Waals surface area (Å²) in [5, 5.41) is 10.0. The first-order valence-electron chi connectivity index (χ1n) is 9.20. The third-order valence-electron chi connectivity index (χ3n) is 4.63. The molecule has 2 aromatic carbocycles. The predicted molar refractivity (Wildman–Crippen MR) is 119 cm³/mol. The van der Waals surface area contributed by atoms with Crippen molar-refractivity contribution in [1.82, 2.24) is 19.3 Å². The maximum absolute atomic E-state index is 12.6. The number of ketones is 1. The fourth-order valence-electron chi connectivity index (χ4n) is 3.14. The van der Waals surface area contributed by atoms with Gasteiger partial charge in [0.15, 0.2) is 16.8 Å². The summed E-state index contributed by atoms with van der Waals surface area (Å²) < 4.78 is 9.24. The maximum atomic E-state index is 12.6. The zero-order chi connectivity index (χ0) is 21.1. The number of methoxy groups -OCH3 is 1. The summed E-state index contributed by atoms with van der Waals surface area (Å²) in [6.07, 6.45) is 1.86. The van der Waals surface area contributed by atoms with E-state index < -0.39 is 0 Å². The van der Waals surface area contributed by atoms with Gasteiger partial charge in [0.05, 0.1) is 24.1 Å². The number of carbonyl (C=O) groups excluding carboxylic acids is 1. The number of ether oxygens (including phenoxy) is 1. The molecule has 152 valence electrons. The minimum Gasteiger partial charge on any atom is -0.496 e. The zero-order valence-electron chi connectivity index (χ0n) is 16.4. The van der Waals surface area contributed by atoms with Gasteiger partial charge in [-0.1, -0.05) is 35.5 Å². The fourth-order valence-corrected chi connectivity index (χ4v) is 4.10. The number of thioether (sulfide) groups is 1. The first-order valence-corrected chi connectivity index (χ1v) is 10.6. The van der Waals surface area contributed by atoms with Crippen molar-refractivity contribution in [1.29, 1.82) is 0 Å². The molecule has 0 fully saturated rings. The summed E-state index contributed by atoms with van der Waals surface area (Å²) in [7, 11) is 3.48. The van der Waals surface area contributed by atoms with Crippen LogP contribution in [-0.4, -0.2) is 38.0 Å². The molecule has 0 amide bonds. The Morgan fingerprint density at radius 3 is 2.53 bits per heavy atom. The van der Waals surface area contributed by atoms with Crippen molar-refractivity contribution < 1.29 is 9.53 Å². The van der Waals surface area contributed by atoms with Crippen LogP contribution in [-0.2, 0) is 7.05 Å². The largest absolute Gasteiger partial charge is 0.496 e. The van der Waals surface area contributed by atoms with Gasteiger partial charge in [-0.15, -0.1) is 10.2 Å². The monoisotopic (exact) mass is 438 g/mol. The molecule has 6 nitrogen and oxygen atoms in total. The molecule has 0 saturated heterocycles. The molecular weight excluding hydrogens is 420 g/mol. The summed E-state index contributed by atoms with van der Waals surface area (Å²) in [6.45, 7) is 0. The first kappa shape index (κ1) is 20.3. The predicted octanol–water partition coefficient (Wildman–Crippen LogP) is 4.91. The van der Waals surface area contributed by atoms with Crippen LogP contribution in [0.15, 0.2) is 72.0 Å². The van der Waals surface area contributed by atoms with Crippen LogP contribution in [0.2, 0.25) is 5.02 Å². The van der Waals surface area contributed by atoms with Gasteiger partial charge in [-0.2, -0.15) is 0 Å². The highest BCUT2D eigenvalue weighted by Gasteiger charge is 2.20. The molecule has 8 heteroatoms. The van der Waals surface area contributed by atoms with Crippen molar-refractivity contribution in [3.05, 3.63) is 77.6 Å². The van der Waals surface area contributed by atoms with Crippen molar-refractivity contribution in [2.45, 2.75) is 5.16 Å². The lowest BCUT2D eigenvalue weighted by Crippen LogP contribution is -2.09. The quantitative estimate of drug-likeness (QED) is 0.303. The number of halogens is 1. The van der Waals surface area contributed by atoms with Crippen LogP contribution in [0.3, 0.4) is 0 Å². The van der Waals surface area contributed by atoms with Gasteiger partial charge in [0.2, 0.25) is 0 Å². The van der Waals surface area contributed by atoms with Crippen LogP contribution >= 0.6 is 23.4 Å². The minimum atomic E-state index is 0.0250. The highest BCUT2D eigenvalue weighted by Crippen LogP contribution is 2.33. The Morgan fingerprint density at radius 2 is 1.83 bits per heavy atom. The maximum Gasteiger partial charge on any atom is 0.196 e. The van der Waals surface area contributed by atoms with Crippen molar-refractivity contribution in [2.75, 3.05) is 12.9 Å². The van der Waals surface area contributed by atoms with Gasteiger partial charge in [-0.3, -0.25) is 9.36 Å². The van der Waals surface area contributed by atoms with Gasteiger partial charge in [-0.25, -0.2) is 0 Å². The Bertz CT molecular complexity index is 1180. The van der Waals surface area contributed by atoms with Gasteiger partial charge in [0.1, 0.15) is 5.75 Å². The van der Waals surface area contributed by atoms with Gasteiger partial charge in [0.25, 0.3) is 0 Å². The van der Waals surface area contributed by atoms with E-state index in [1.54, 1.807) is 7.11 Å². The van der Waals surface area contributed by atoms with E-state index in [9.17, 15) is 4.79 Å². The number of nitrogens with zero attached hydrogens (tertiary/aromatic N) is 4. The van der Waals surface area contributed by atoms with Crippen LogP contribution in [0.25, 0.3) is 17.1 Å². The Kier molecular flexibility index (Phi) is 5.92. The van der Waals surface area contributed by atoms with Crippen LogP contribution < -0.4 is 4.74 Å². The zero-order valence-corrected chi connectivity index (χ0v) is 18.0. The topological polar surface area (TPSA) is 61.9 Å². The third-order valence-corrected chi connectivity index (χ3v) is 5.81. The number of Topliss-reactive ketones (excluding diaryl/α,β-unsaturated/α-hetero) is 1. The third kappa shape index (κ3) is 3.99. The van der Waals surface area contributed by atoms with Crippen LogP contribution in [0.4, 0.5) is 0 Å². The molecule has 30 heavy (non-hydrogen) atoms. The van der Waals surface area contributed by atoms with Crippen molar-refractivity contribution in [3.63, 3.8) is 0 Å². The molecule has 0 bridgehead atoms. The Balaban J connectivity index is 1.74. The second-order valence-corrected chi connectivity index (χ2v) is 7.91. The summed E-state index contributed by atoms with van der Waals surface area (Å²) in [6, 6.07) is 18.7. The van der Waals surface area contributed by atoms with E-state index in [0.717, 1.165) is 11.3 Å². The normalized spacial score (nSPS) is 10.9. The lowest BCUT2D eigenvalue weighted by atomic mass is 10.2. The molecule has 0 saturated carbocycles. The number of hydrogen-bond acceptors (Lipinski definition) is 5. The molecule has 0 spiro atoms. The second kappa shape index (κ2) is 8.77. The fraction of sp³-hybridized carbons (Fsp3) is 0.136. The summed E-state index contributed by atoms with van der Waals surface area (Å²) in [4.78, 5) is 12.6. The molecule has 0 aliphatic carbocycles. The van der Waals surface area contributed by atoms with Gasteiger partial charge < -0.3 is 9.30 Å². The molecule has 0 radical (unpaired) electrons. The lowest BCUT2D eigenvalue weighted by molar-refractivity contribution is 0.101. The molecule has 0 aliphatic rings. The number of benzene rings is 2. The Morgan fingerprint density at radius 1 is 1.07 bits per heavy atom. The van der Waals surface area contributed by atoms with Crippen LogP contribution in [0.5, 0.6) is 5.75 Å². The van der Waals surface area contributed by atoms with Gasteiger partial charge >= 0.3 is 0 Å². The van der Waals surface area contributed by atoms with Crippen molar-refractivity contribution in [3.8, 4) is 22.8 Å². The number of para-hydroxylation sites is 1. The molecule has 4 rings (SSSR count). The van der Waals surface area contributed by atoms with E-state index in [0.29, 0.717) is 27.4 Å². The average molecular weight is 439 g/mol. The molecule has 2 aromatic heterocycles. The smallest absolute Gasteiger partial charge is 0.196 e. The standard InChI is InChI=1S/C22H19ClN4O2S/c1-26-13-5-7-18(26)19(28)14-30-22-25-24-21(17-6-3-4-8-20(17)29-2)27(22)16-11-9-15(23)10-12-16/h3-13H,14H2,1-2H3. The van der Waals surface area contributed by atoms with E-state index in [1.807, 2.05) is 83.0 Å². The molecular formula is C22H19ClN4O2S. The van der Waals surface area contributed by atoms with Crippen LogP contribution in [0.1, 0.15) is 10.5 Å². The molecule has 4 aromatic rings. The molecule has 0 N–H and O–H groups in total. The highest BCUT2D eigenvalue weighted by atomic mass is 35.5. The number of rotatable bonds is 7. The minimum absolute atomic E-state index is 0.0250. The highest BCUT2D eigenvalue weighted by molar-refractivity contribution is 7.99. The molecule has 2 heterocycles. The number of carbonyl (C=O) groups is 1. The number of hydrogen-bond donors (Lipinski definition) is 0.